The molecule has 0 aliphatic carbocycles. The van der Waals surface area contributed by atoms with Gasteiger partial charge in [-0.25, -0.2) is 8.42 Å². The third-order valence-corrected chi connectivity index (χ3v) is 7.22. The van der Waals surface area contributed by atoms with Gasteiger partial charge in [-0.2, -0.15) is 4.31 Å². The van der Waals surface area contributed by atoms with E-state index in [4.69, 9.17) is 16.1 Å². The van der Waals surface area contributed by atoms with Crippen molar-refractivity contribution in [2.75, 3.05) is 39.8 Å². The second-order valence-corrected chi connectivity index (χ2v) is 9.59. The molecule has 0 unspecified atom stereocenters. The molecule has 29 heavy (non-hydrogen) atoms. The number of halogens is 1. The fourth-order valence-electron chi connectivity index (χ4n) is 3.32. The van der Waals surface area contributed by atoms with Gasteiger partial charge in [-0.3, -0.25) is 9.69 Å². The first-order chi connectivity index (χ1) is 13.7. The Kier molecular flexibility index (Phi) is 6.62. The van der Waals surface area contributed by atoms with E-state index in [0.29, 0.717) is 24.7 Å². The summed E-state index contributed by atoms with van der Waals surface area (Å²) in [5, 5.41) is 4.42. The van der Waals surface area contributed by atoms with Crippen molar-refractivity contribution in [3.8, 4) is 0 Å². The Morgan fingerprint density at radius 2 is 1.79 bits per heavy atom. The minimum Gasteiger partial charge on any atom is -0.361 e. The van der Waals surface area contributed by atoms with Gasteiger partial charge in [0.2, 0.25) is 15.9 Å². The lowest BCUT2D eigenvalue weighted by Crippen LogP contribution is -2.52. The number of nitrogens with zero attached hydrogens (tertiary/aromatic N) is 4. The topological polar surface area (TPSA) is 87.0 Å². The average molecular weight is 441 g/mol. The highest BCUT2D eigenvalue weighted by atomic mass is 35.5. The molecular formula is C19H25ClN4O4S. The van der Waals surface area contributed by atoms with Gasteiger partial charge in [-0.05, 0) is 45.2 Å². The Morgan fingerprint density at radius 3 is 2.34 bits per heavy atom. The minimum atomic E-state index is -3.59. The maximum absolute atomic E-state index is 12.8. The first-order valence-corrected chi connectivity index (χ1v) is 11.1. The first-order valence-electron chi connectivity index (χ1n) is 9.32. The Hall–Kier alpha value is -1.94. The standard InChI is InChI=1S/C19H25ClN4O4S/c1-14-18(15(2)28-21-14)12-22(3)13-19(25)23-8-10-24(11-9-23)29(26,27)17-6-4-16(20)5-7-17/h4-7H,8-13H2,1-3H3. The van der Waals surface area contributed by atoms with E-state index in [1.807, 2.05) is 25.8 Å². The first kappa shape index (κ1) is 21.8. The molecule has 0 saturated carbocycles. The molecule has 1 saturated heterocycles. The van der Waals surface area contributed by atoms with Gasteiger partial charge in [0.25, 0.3) is 0 Å². The van der Waals surface area contributed by atoms with Crippen molar-refractivity contribution in [3.63, 3.8) is 0 Å². The van der Waals surface area contributed by atoms with Crippen LogP contribution < -0.4 is 0 Å². The Morgan fingerprint density at radius 1 is 1.17 bits per heavy atom. The van der Waals surface area contributed by atoms with Crippen molar-refractivity contribution >= 4 is 27.5 Å². The van der Waals surface area contributed by atoms with Crippen LogP contribution in [-0.2, 0) is 21.4 Å². The van der Waals surface area contributed by atoms with E-state index >= 15 is 0 Å². The summed E-state index contributed by atoms with van der Waals surface area (Å²) in [7, 11) is -1.72. The lowest BCUT2D eigenvalue weighted by Gasteiger charge is -2.34. The van der Waals surface area contributed by atoms with Crippen LogP contribution in [0, 0.1) is 13.8 Å². The third-order valence-electron chi connectivity index (χ3n) is 5.06. The Balaban J connectivity index is 1.54. The predicted octanol–water partition coefficient (Wildman–Crippen LogP) is 1.91. The third kappa shape index (κ3) is 4.98. The quantitative estimate of drug-likeness (QED) is 0.682. The van der Waals surface area contributed by atoms with E-state index in [1.54, 1.807) is 17.0 Å². The molecule has 2 heterocycles. The maximum Gasteiger partial charge on any atom is 0.243 e. The number of likely N-dealkylation sites (N-methyl/N-ethyl adjacent to an activating group) is 1. The van der Waals surface area contributed by atoms with Crippen LogP contribution in [0.25, 0.3) is 0 Å². The number of sulfonamides is 1. The van der Waals surface area contributed by atoms with Gasteiger partial charge in [-0.15, -0.1) is 0 Å². The molecule has 158 valence electrons. The summed E-state index contributed by atoms with van der Waals surface area (Å²) in [6.45, 7) is 5.81. The van der Waals surface area contributed by atoms with Gasteiger partial charge < -0.3 is 9.42 Å². The molecule has 0 atom stereocenters. The number of hydrogen-bond donors (Lipinski definition) is 0. The van der Waals surface area contributed by atoms with Crippen molar-refractivity contribution in [1.82, 2.24) is 19.3 Å². The lowest BCUT2D eigenvalue weighted by atomic mass is 10.2. The number of hydrogen-bond acceptors (Lipinski definition) is 6. The zero-order valence-corrected chi connectivity index (χ0v) is 18.3. The normalized spacial score (nSPS) is 15.8. The molecule has 0 bridgehead atoms. The van der Waals surface area contributed by atoms with Crippen LogP contribution >= 0.6 is 11.6 Å². The number of amides is 1. The van der Waals surface area contributed by atoms with Crippen molar-refractivity contribution in [2.45, 2.75) is 25.3 Å². The summed E-state index contributed by atoms with van der Waals surface area (Å²) < 4.78 is 32.1. The molecule has 0 spiro atoms. The fraction of sp³-hybridized carbons (Fsp3) is 0.474. The molecule has 10 heteroatoms. The molecule has 0 N–H and O–H groups in total. The van der Waals surface area contributed by atoms with Crippen LogP contribution in [0.4, 0.5) is 0 Å². The van der Waals surface area contributed by atoms with Crippen LogP contribution in [0.15, 0.2) is 33.7 Å². The second kappa shape index (κ2) is 8.83. The van der Waals surface area contributed by atoms with Crippen molar-refractivity contribution in [3.05, 3.63) is 46.3 Å². The lowest BCUT2D eigenvalue weighted by molar-refractivity contribution is -0.133. The molecule has 8 nitrogen and oxygen atoms in total. The van der Waals surface area contributed by atoms with Crippen LogP contribution in [0.2, 0.25) is 5.02 Å². The summed E-state index contributed by atoms with van der Waals surface area (Å²) >= 11 is 5.84. The number of carbonyl (C=O) groups is 1. The van der Waals surface area contributed by atoms with Gasteiger partial charge in [0.05, 0.1) is 17.1 Å². The molecule has 1 amide bonds. The zero-order valence-electron chi connectivity index (χ0n) is 16.8. The van der Waals surface area contributed by atoms with Crippen molar-refractivity contribution in [2.24, 2.45) is 0 Å². The number of benzene rings is 1. The summed E-state index contributed by atoms with van der Waals surface area (Å²) in [5.74, 6) is 0.727. The van der Waals surface area contributed by atoms with Gasteiger partial charge in [0.1, 0.15) is 5.76 Å². The van der Waals surface area contributed by atoms with Gasteiger partial charge in [0, 0.05) is 43.3 Å². The van der Waals surface area contributed by atoms with Crippen LogP contribution in [0.5, 0.6) is 0 Å². The SMILES string of the molecule is Cc1noc(C)c1CN(C)CC(=O)N1CCN(S(=O)(=O)c2ccc(Cl)cc2)CC1. The van der Waals surface area contributed by atoms with E-state index in [0.717, 1.165) is 17.0 Å². The van der Waals surface area contributed by atoms with E-state index in [2.05, 4.69) is 5.16 Å². The molecule has 1 aromatic carbocycles. The summed E-state index contributed by atoms with van der Waals surface area (Å²) in [5.41, 5.74) is 1.81. The number of piperazine rings is 1. The number of rotatable bonds is 6. The predicted molar refractivity (Wildman–Crippen MR) is 109 cm³/mol. The monoisotopic (exact) mass is 440 g/mol. The van der Waals surface area contributed by atoms with E-state index in [1.165, 1.54) is 16.4 Å². The van der Waals surface area contributed by atoms with Gasteiger partial charge >= 0.3 is 0 Å². The van der Waals surface area contributed by atoms with E-state index < -0.39 is 10.0 Å². The second-order valence-electron chi connectivity index (χ2n) is 7.21. The van der Waals surface area contributed by atoms with Crippen LogP contribution in [0.1, 0.15) is 17.0 Å². The average Bonchev–Trinajstić information content (AvgIpc) is 3.00. The van der Waals surface area contributed by atoms with E-state index in [9.17, 15) is 13.2 Å². The number of aryl methyl sites for hydroxylation is 2. The van der Waals surface area contributed by atoms with Gasteiger partial charge in [0.15, 0.2) is 0 Å². The highest BCUT2D eigenvalue weighted by Gasteiger charge is 2.30. The summed E-state index contributed by atoms with van der Waals surface area (Å²) in [6.07, 6.45) is 0. The molecule has 0 radical (unpaired) electrons. The zero-order chi connectivity index (χ0) is 21.2. The molecule has 1 aliphatic heterocycles. The number of aromatic nitrogens is 1. The molecule has 2 aromatic rings. The highest BCUT2D eigenvalue weighted by Crippen LogP contribution is 2.20. The smallest absolute Gasteiger partial charge is 0.243 e. The molecule has 1 aromatic heterocycles. The molecule has 1 aliphatic rings. The fourth-order valence-corrected chi connectivity index (χ4v) is 4.87. The van der Waals surface area contributed by atoms with Crippen molar-refractivity contribution in [1.29, 1.82) is 0 Å². The largest absolute Gasteiger partial charge is 0.361 e. The Labute approximate surface area is 176 Å². The van der Waals surface area contributed by atoms with Crippen LogP contribution in [0.3, 0.4) is 0 Å². The van der Waals surface area contributed by atoms with Crippen molar-refractivity contribution < 1.29 is 17.7 Å². The van der Waals surface area contributed by atoms with Gasteiger partial charge in [-0.1, -0.05) is 16.8 Å². The van der Waals surface area contributed by atoms with Crippen LogP contribution in [-0.4, -0.2) is 73.4 Å². The Bertz CT molecular complexity index is 947. The highest BCUT2D eigenvalue weighted by molar-refractivity contribution is 7.89. The minimum absolute atomic E-state index is 0.0252. The number of carbonyl (C=O) groups excluding carboxylic acids is 1. The molecule has 1 fully saturated rings. The maximum atomic E-state index is 12.8. The molecular weight excluding hydrogens is 416 g/mol. The summed E-state index contributed by atoms with van der Waals surface area (Å²) in [4.78, 5) is 16.5. The summed E-state index contributed by atoms with van der Waals surface area (Å²) in [6, 6.07) is 6.11. The van der Waals surface area contributed by atoms with E-state index in [-0.39, 0.29) is 30.4 Å². The molecule has 3 rings (SSSR count).